The number of amides is 2. The second-order valence-electron chi connectivity index (χ2n) is 7.39. The molecular weight excluding hydrogens is 432 g/mol. The van der Waals surface area contributed by atoms with Crippen molar-refractivity contribution in [1.29, 1.82) is 0 Å². The number of benzene rings is 2. The minimum absolute atomic E-state index is 0.0921. The highest BCUT2D eigenvalue weighted by Crippen LogP contribution is 2.28. The summed E-state index contributed by atoms with van der Waals surface area (Å²) < 4.78 is 5.58. The van der Waals surface area contributed by atoms with Crippen LogP contribution in [0.25, 0.3) is 6.08 Å². The minimum Gasteiger partial charge on any atom is -0.484 e. The van der Waals surface area contributed by atoms with Gasteiger partial charge in [-0.2, -0.15) is 0 Å². The number of nitrogens with zero attached hydrogens (tertiary/aromatic N) is 1. The zero-order chi connectivity index (χ0) is 23.3. The molecule has 0 spiro atoms. The van der Waals surface area contributed by atoms with Gasteiger partial charge >= 0.3 is 5.97 Å². The molecule has 1 aliphatic rings. The zero-order valence-corrected chi connectivity index (χ0v) is 18.3. The summed E-state index contributed by atoms with van der Waals surface area (Å²) in [6, 6.07) is 12.3. The fourth-order valence-electron chi connectivity index (χ4n) is 3.20. The number of likely N-dealkylation sites (tertiary alicyclic amines) is 1. The van der Waals surface area contributed by atoms with E-state index < -0.39 is 5.97 Å². The van der Waals surface area contributed by atoms with Crippen LogP contribution >= 0.6 is 11.6 Å². The van der Waals surface area contributed by atoms with Crippen molar-refractivity contribution in [2.75, 3.05) is 18.5 Å². The number of carboxylic acid groups (broad SMARTS) is 1. The number of ether oxygens (including phenoxy) is 1. The maximum atomic E-state index is 12.6. The van der Waals surface area contributed by atoms with E-state index in [-0.39, 0.29) is 31.4 Å². The summed E-state index contributed by atoms with van der Waals surface area (Å²) in [5.41, 5.74) is 3.32. The summed E-state index contributed by atoms with van der Waals surface area (Å²) in [6.07, 6.45) is 1.93. The van der Waals surface area contributed by atoms with Crippen LogP contribution in [-0.4, -0.2) is 40.9 Å². The van der Waals surface area contributed by atoms with Crippen molar-refractivity contribution in [3.63, 3.8) is 0 Å². The number of hydrogen-bond acceptors (Lipinski definition) is 4. The molecule has 0 unspecified atom stereocenters. The van der Waals surface area contributed by atoms with Gasteiger partial charge in [-0.05, 0) is 48.4 Å². The van der Waals surface area contributed by atoms with Crippen molar-refractivity contribution in [3.05, 3.63) is 76.5 Å². The summed E-state index contributed by atoms with van der Waals surface area (Å²) >= 11 is 6.07. The molecular formula is C24H23ClN2O5. The highest BCUT2D eigenvalue weighted by atomic mass is 35.5. The third-order valence-electron chi connectivity index (χ3n) is 4.87. The SMILES string of the molecule is C=C1C/C(=C\c2cccc(OCC(=O)Nc3ccc(C)c(Cl)c3)c2)C(=O)N1CCC(=O)O. The molecule has 32 heavy (non-hydrogen) atoms. The maximum absolute atomic E-state index is 12.6. The molecule has 0 aromatic heterocycles. The van der Waals surface area contributed by atoms with Crippen LogP contribution in [0, 0.1) is 6.92 Å². The molecule has 3 rings (SSSR count). The van der Waals surface area contributed by atoms with E-state index in [1.165, 1.54) is 4.90 Å². The highest BCUT2D eigenvalue weighted by Gasteiger charge is 2.29. The van der Waals surface area contributed by atoms with Crippen molar-refractivity contribution in [2.45, 2.75) is 19.8 Å². The molecule has 2 aromatic rings. The molecule has 1 aliphatic heterocycles. The number of anilines is 1. The molecule has 0 atom stereocenters. The van der Waals surface area contributed by atoms with Gasteiger partial charge in [0.15, 0.2) is 6.61 Å². The van der Waals surface area contributed by atoms with Gasteiger partial charge in [0.2, 0.25) is 0 Å². The molecule has 2 N–H and O–H groups in total. The largest absolute Gasteiger partial charge is 0.484 e. The number of nitrogens with one attached hydrogen (secondary N) is 1. The van der Waals surface area contributed by atoms with Crippen LogP contribution in [0.1, 0.15) is 24.0 Å². The number of rotatable bonds is 8. The first-order valence-corrected chi connectivity index (χ1v) is 10.3. The molecule has 2 aromatic carbocycles. The van der Waals surface area contributed by atoms with Gasteiger partial charge < -0.3 is 20.1 Å². The van der Waals surface area contributed by atoms with Crippen molar-refractivity contribution in [1.82, 2.24) is 4.90 Å². The standard InChI is InChI=1S/C24H23ClN2O5/c1-15-6-7-19(13-21(15)25)26-22(28)14-32-20-5-3-4-17(12-20)11-18-10-16(2)27(24(18)31)9-8-23(29)30/h3-7,11-13H,2,8-10,14H2,1H3,(H,26,28)(H,29,30)/b18-11+. The van der Waals surface area contributed by atoms with Crippen LogP contribution < -0.4 is 10.1 Å². The van der Waals surface area contributed by atoms with Crippen molar-refractivity contribution >= 4 is 41.1 Å². The van der Waals surface area contributed by atoms with E-state index in [4.69, 9.17) is 21.4 Å². The number of hydrogen-bond donors (Lipinski definition) is 2. The highest BCUT2D eigenvalue weighted by molar-refractivity contribution is 6.31. The van der Waals surface area contributed by atoms with Crippen molar-refractivity contribution < 1.29 is 24.2 Å². The second kappa shape index (κ2) is 10.2. The Hall–Kier alpha value is -3.58. The number of carbonyl (C=O) groups is 3. The first-order chi connectivity index (χ1) is 15.2. The van der Waals surface area contributed by atoms with Crippen molar-refractivity contribution in [3.8, 4) is 5.75 Å². The smallest absolute Gasteiger partial charge is 0.305 e. The lowest BCUT2D eigenvalue weighted by Gasteiger charge is -2.14. The van der Waals surface area contributed by atoms with Gasteiger partial charge in [0, 0.05) is 34.9 Å². The Morgan fingerprint density at radius 1 is 1.28 bits per heavy atom. The quantitative estimate of drug-likeness (QED) is 0.581. The molecule has 1 heterocycles. The molecule has 166 valence electrons. The number of allylic oxidation sites excluding steroid dienone is 1. The Kier molecular flexibility index (Phi) is 7.33. The second-order valence-corrected chi connectivity index (χ2v) is 7.79. The first kappa shape index (κ1) is 23.1. The molecule has 0 radical (unpaired) electrons. The van der Waals surface area contributed by atoms with E-state index in [1.54, 1.807) is 36.4 Å². The summed E-state index contributed by atoms with van der Waals surface area (Å²) in [7, 11) is 0. The van der Waals surface area contributed by atoms with Gasteiger partial charge in [0.1, 0.15) is 5.75 Å². The average Bonchev–Trinajstić information content (AvgIpc) is 3.00. The van der Waals surface area contributed by atoms with Crippen LogP contribution in [0.5, 0.6) is 5.75 Å². The molecule has 0 bridgehead atoms. The molecule has 7 nitrogen and oxygen atoms in total. The predicted octanol–water partition coefficient (Wildman–Crippen LogP) is 4.27. The fraction of sp³-hybridized carbons (Fsp3) is 0.208. The Labute approximate surface area is 190 Å². The fourth-order valence-corrected chi connectivity index (χ4v) is 3.38. The van der Waals surface area contributed by atoms with Crippen LogP contribution in [0.4, 0.5) is 5.69 Å². The van der Waals surface area contributed by atoms with Crippen molar-refractivity contribution in [2.24, 2.45) is 0 Å². The van der Waals surface area contributed by atoms with E-state index >= 15 is 0 Å². The lowest BCUT2D eigenvalue weighted by atomic mass is 10.1. The van der Waals surface area contributed by atoms with E-state index in [1.807, 2.05) is 19.1 Å². The van der Waals surface area contributed by atoms with Gasteiger partial charge in [-0.1, -0.05) is 36.4 Å². The predicted molar refractivity (Wildman–Crippen MR) is 122 cm³/mol. The molecule has 0 saturated carbocycles. The number of aryl methyl sites for hydroxylation is 1. The number of halogens is 1. The van der Waals surface area contributed by atoms with Crippen LogP contribution in [-0.2, 0) is 14.4 Å². The summed E-state index contributed by atoms with van der Waals surface area (Å²) in [6.45, 7) is 5.64. The first-order valence-electron chi connectivity index (χ1n) is 9.94. The molecule has 8 heteroatoms. The summed E-state index contributed by atoms with van der Waals surface area (Å²) in [4.78, 5) is 36.9. The number of aliphatic carboxylic acids is 1. The lowest BCUT2D eigenvalue weighted by molar-refractivity contribution is -0.137. The Bertz CT molecular complexity index is 1110. The Balaban J connectivity index is 1.61. The molecule has 2 amide bonds. The Morgan fingerprint density at radius 2 is 2.06 bits per heavy atom. The minimum atomic E-state index is -0.970. The maximum Gasteiger partial charge on any atom is 0.305 e. The normalized spacial score (nSPS) is 14.7. The summed E-state index contributed by atoms with van der Waals surface area (Å²) in [5.74, 6) is -1.07. The van der Waals surface area contributed by atoms with Gasteiger partial charge in [-0.25, -0.2) is 0 Å². The van der Waals surface area contributed by atoms with Gasteiger partial charge in [-0.3, -0.25) is 14.4 Å². The molecule has 0 aliphatic carbocycles. The monoisotopic (exact) mass is 454 g/mol. The topological polar surface area (TPSA) is 95.9 Å². The Morgan fingerprint density at radius 3 is 2.78 bits per heavy atom. The number of carboxylic acids is 1. The van der Waals surface area contributed by atoms with E-state index in [9.17, 15) is 14.4 Å². The van der Waals surface area contributed by atoms with Gasteiger partial charge in [0.25, 0.3) is 11.8 Å². The van der Waals surface area contributed by atoms with Crippen LogP contribution in [0.3, 0.4) is 0 Å². The zero-order valence-electron chi connectivity index (χ0n) is 17.6. The third kappa shape index (κ3) is 5.98. The lowest BCUT2D eigenvalue weighted by Crippen LogP contribution is -2.26. The molecule has 1 fully saturated rings. The van der Waals surface area contributed by atoms with Crippen LogP contribution in [0.15, 0.2) is 60.3 Å². The number of carbonyl (C=O) groups excluding carboxylic acids is 2. The average molecular weight is 455 g/mol. The summed E-state index contributed by atoms with van der Waals surface area (Å²) in [5, 5.41) is 12.1. The van der Waals surface area contributed by atoms with E-state index in [0.29, 0.717) is 34.2 Å². The third-order valence-corrected chi connectivity index (χ3v) is 5.28. The van der Waals surface area contributed by atoms with Gasteiger partial charge in [0.05, 0.1) is 6.42 Å². The molecule has 1 saturated heterocycles. The van der Waals surface area contributed by atoms with E-state index in [0.717, 1.165) is 11.1 Å². The van der Waals surface area contributed by atoms with Crippen LogP contribution in [0.2, 0.25) is 5.02 Å². The van der Waals surface area contributed by atoms with E-state index in [2.05, 4.69) is 11.9 Å². The van der Waals surface area contributed by atoms with Gasteiger partial charge in [-0.15, -0.1) is 0 Å².